The lowest BCUT2D eigenvalue weighted by Crippen LogP contribution is -2.18. The number of aromatic carboxylic acids is 1. The van der Waals surface area contributed by atoms with Crippen LogP contribution in [0.3, 0.4) is 0 Å². The molecule has 2 heterocycles. The van der Waals surface area contributed by atoms with Gasteiger partial charge in [0.15, 0.2) is 0 Å². The van der Waals surface area contributed by atoms with Gasteiger partial charge >= 0.3 is 11.7 Å². The molecule has 0 spiro atoms. The highest BCUT2D eigenvalue weighted by molar-refractivity contribution is 5.92. The number of nitrogens with zero attached hydrogens (tertiary/aromatic N) is 1. The third-order valence-corrected chi connectivity index (χ3v) is 3.81. The number of aromatic amines is 1. The van der Waals surface area contributed by atoms with Gasteiger partial charge in [-0.3, -0.25) is 4.57 Å². The lowest BCUT2D eigenvalue weighted by atomic mass is 10.1. The molecule has 1 aliphatic rings. The Morgan fingerprint density at radius 1 is 1.50 bits per heavy atom. The zero-order valence-corrected chi connectivity index (χ0v) is 11.0. The molecule has 2 aromatic rings. The highest BCUT2D eigenvalue weighted by atomic mass is 16.5. The summed E-state index contributed by atoms with van der Waals surface area (Å²) in [4.78, 5) is 25.6. The Balaban J connectivity index is 1.88. The Bertz CT molecular complexity index is 695. The van der Waals surface area contributed by atoms with Crippen LogP contribution in [0.4, 0.5) is 0 Å². The van der Waals surface area contributed by atoms with E-state index in [9.17, 15) is 9.59 Å². The lowest BCUT2D eigenvalue weighted by Gasteiger charge is -2.08. The standard InChI is InChI=1S/C14H16N2O4/c17-13(18)10-1-2-12-11(7-10)15-14(19)16(12)5-3-9-4-6-20-8-9/h1-2,7,9H,3-6,8H2,(H,15,19)(H,17,18). The second-order valence-corrected chi connectivity index (χ2v) is 5.14. The molecule has 1 unspecified atom stereocenters. The van der Waals surface area contributed by atoms with Gasteiger partial charge in [0.25, 0.3) is 0 Å². The summed E-state index contributed by atoms with van der Waals surface area (Å²) in [7, 11) is 0. The van der Waals surface area contributed by atoms with Crippen molar-refractivity contribution in [1.82, 2.24) is 9.55 Å². The first kappa shape index (κ1) is 12.9. The van der Waals surface area contributed by atoms with E-state index in [-0.39, 0.29) is 11.3 Å². The van der Waals surface area contributed by atoms with Crippen LogP contribution in [0.25, 0.3) is 11.0 Å². The van der Waals surface area contributed by atoms with Crippen LogP contribution in [0.1, 0.15) is 23.2 Å². The highest BCUT2D eigenvalue weighted by Crippen LogP contribution is 2.19. The number of imidazole rings is 1. The fourth-order valence-electron chi connectivity index (χ4n) is 2.64. The van der Waals surface area contributed by atoms with E-state index in [2.05, 4.69) is 4.98 Å². The molecule has 0 amide bonds. The summed E-state index contributed by atoms with van der Waals surface area (Å²) in [6.45, 7) is 2.19. The second kappa shape index (κ2) is 5.13. The topological polar surface area (TPSA) is 84.3 Å². The number of aromatic nitrogens is 2. The van der Waals surface area contributed by atoms with Crippen LogP contribution in [-0.4, -0.2) is 33.8 Å². The minimum Gasteiger partial charge on any atom is -0.478 e. The first-order valence-electron chi connectivity index (χ1n) is 6.69. The van der Waals surface area contributed by atoms with Crippen LogP contribution in [0.15, 0.2) is 23.0 Å². The van der Waals surface area contributed by atoms with Crippen molar-refractivity contribution in [2.75, 3.05) is 13.2 Å². The third-order valence-electron chi connectivity index (χ3n) is 3.81. The smallest absolute Gasteiger partial charge is 0.335 e. The van der Waals surface area contributed by atoms with E-state index in [0.717, 1.165) is 31.6 Å². The van der Waals surface area contributed by atoms with Crippen molar-refractivity contribution in [2.45, 2.75) is 19.4 Å². The molecule has 0 radical (unpaired) electrons. The van der Waals surface area contributed by atoms with E-state index >= 15 is 0 Å². The Morgan fingerprint density at radius 2 is 2.35 bits per heavy atom. The van der Waals surface area contributed by atoms with Crippen LogP contribution in [-0.2, 0) is 11.3 Å². The van der Waals surface area contributed by atoms with E-state index < -0.39 is 5.97 Å². The van der Waals surface area contributed by atoms with Gasteiger partial charge in [-0.25, -0.2) is 9.59 Å². The molecule has 0 aliphatic carbocycles. The SMILES string of the molecule is O=C(O)c1ccc2c(c1)[nH]c(=O)n2CCC1CCOC1. The fourth-order valence-corrected chi connectivity index (χ4v) is 2.64. The molecule has 1 aliphatic heterocycles. The van der Waals surface area contributed by atoms with Gasteiger partial charge in [0.05, 0.1) is 16.6 Å². The number of ether oxygens (including phenoxy) is 1. The number of H-pyrrole nitrogens is 1. The second-order valence-electron chi connectivity index (χ2n) is 5.14. The number of nitrogens with one attached hydrogen (secondary N) is 1. The van der Waals surface area contributed by atoms with Gasteiger partial charge in [0.2, 0.25) is 0 Å². The quantitative estimate of drug-likeness (QED) is 0.885. The summed E-state index contributed by atoms with van der Waals surface area (Å²) in [5.41, 5.74) is 1.30. The van der Waals surface area contributed by atoms with Gasteiger partial charge in [0.1, 0.15) is 0 Å². The van der Waals surface area contributed by atoms with Crippen molar-refractivity contribution in [2.24, 2.45) is 5.92 Å². The number of fused-ring (bicyclic) bond motifs is 1. The summed E-state index contributed by atoms with van der Waals surface area (Å²) >= 11 is 0. The van der Waals surface area contributed by atoms with E-state index in [1.54, 1.807) is 10.6 Å². The predicted molar refractivity (Wildman–Crippen MR) is 73.1 cm³/mol. The highest BCUT2D eigenvalue weighted by Gasteiger charge is 2.17. The van der Waals surface area contributed by atoms with Gasteiger partial charge in [-0.15, -0.1) is 0 Å². The van der Waals surface area contributed by atoms with E-state index in [0.29, 0.717) is 18.0 Å². The molecule has 1 fully saturated rings. The number of carboxylic acid groups (broad SMARTS) is 1. The minimum absolute atomic E-state index is 0.176. The summed E-state index contributed by atoms with van der Waals surface area (Å²) < 4.78 is 6.99. The van der Waals surface area contributed by atoms with Crippen molar-refractivity contribution in [3.63, 3.8) is 0 Å². The Kier molecular flexibility index (Phi) is 3.31. The summed E-state index contributed by atoms with van der Waals surface area (Å²) in [5.74, 6) is -0.492. The van der Waals surface area contributed by atoms with Crippen molar-refractivity contribution in [1.29, 1.82) is 0 Å². The molecular formula is C14H16N2O4. The first-order valence-corrected chi connectivity index (χ1v) is 6.69. The molecule has 1 aromatic heterocycles. The van der Waals surface area contributed by atoms with Gasteiger partial charge < -0.3 is 14.8 Å². The number of benzene rings is 1. The molecule has 6 nitrogen and oxygen atoms in total. The average molecular weight is 276 g/mol. The fraction of sp³-hybridized carbons (Fsp3) is 0.429. The predicted octanol–water partition coefficient (Wildman–Crippen LogP) is 1.45. The van der Waals surface area contributed by atoms with Crippen molar-refractivity contribution in [3.8, 4) is 0 Å². The van der Waals surface area contributed by atoms with Crippen LogP contribution in [0.2, 0.25) is 0 Å². The third kappa shape index (κ3) is 2.34. The van der Waals surface area contributed by atoms with Gasteiger partial charge in [0, 0.05) is 19.8 Å². The molecule has 6 heteroatoms. The van der Waals surface area contributed by atoms with E-state index in [4.69, 9.17) is 9.84 Å². The Morgan fingerprint density at radius 3 is 3.05 bits per heavy atom. The number of hydrogen-bond acceptors (Lipinski definition) is 3. The van der Waals surface area contributed by atoms with Gasteiger partial charge in [-0.2, -0.15) is 0 Å². The monoisotopic (exact) mass is 276 g/mol. The molecule has 3 rings (SSSR count). The molecule has 106 valence electrons. The molecule has 0 bridgehead atoms. The molecule has 2 N–H and O–H groups in total. The van der Waals surface area contributed by atoms with Gasteiger partial charge in [-0.1, -0.05) is 0 Å². The molecule has 0 saturated carbocycles. The zero-order valence-electron chi connectivity index (χ0n) is 11.0. The van der Waals surface area contributed by atoms with E-state index in [1.165, 1.54) is 12.1 Å². The van der Waals surface area contributed by atoms with E-state index in [1.807, 2.05) is 0 Å². The van der Waals surface area contributed by atoms with Crippen molar-refractivity contribution >= 4 is 17.0 Å². The lowest BCUT2D eigenvalue weighted by molar-refractivity contribution is 0.0697. The summed E-state index contributed by atoms with van der Waals surface area (Å²) in [6.07, 6.45) is 1.94. The summed E-state index contributed by atoms with van der Waals surface area (Å²) in [6, 6.07) is 4.70. The maximum absolute atomic E-state index is 12.0. The van der Waals surface area contributed by atoms with Crippen molar-refractivity contribution in [3.05, 3.63) is 34.2 Å². The molecular weight excluding hydrogens is 260 g/mol. The summed E-state index contributed by atoms with van der Waals surface area (Å²) in [5, 5.41) is 8.95. The first-order chi connectivity index (χ1) is 9.65. The average Bonchev–Trinajstić information content (AvgIpc) is 3.02. The normalized spacial score (nSPS) is 18.7. The number of carbonyl (C=O) groups is 1. The number of hydrogen-bond donors (Lipinski definition) is 2. The zero-order chi connectivity index (χ0) is 14.1. The number of aryl methyl sites for hydroxylation is 1. The maximum atomic E-state index is 12.0. The Labute approximate surface area is 115 Å². The molecule has 1 atom stereocenters. The largest absolute Gasteiger partial charge is 0.478 e. The maximum Gasteiger partial charge on any atom is 0.335 e. The Hall–Kier alpha value is -2.08. The molecule has 1 aromatic carbocycles. The van der Waals surface area contributed by atoms with Crippen LogP contribution in [0.5, 0.6) is 0 Å². The number of carboxylic acids is 1. The molecule has 20 heavy (non-hydrogen) atoms. The van der Waals surface area contributed by atoms with Crippen molar-refractivity contribution < 1.29 is 14.6 Å². The number of rotatable bonds is 4. The van der Waals surface area contributed by atoms with Gasteiger partial charge in [-0.05, 0) is 37.0 Å². The minimum atomic E-state index is -0.997. The van der Waals surface area contributed by atoms with Crippen LogP contribution >= 0.6 is 0 Å². The van der Waals surface area contributed by atoms with Crippen LogP contribution < -0.4 is 5.69 Å². The van der Waals surface area contributed by atoms with Crippen LogP contribution in [0, 0.1) is 5.92 Å². The molecule has 1 saturated heterocycles.